The standard InChI is InChI=1S/C16H29N5O8/c1-17-15(28)10(7-12(22)23)19-3-5-21(9-14(26)27)6-4-20-11(8-13(24)25)16(29)18-2/h10-11,19-20H,3-9H2,1-2H3,(H,17,28)(H,18,29)(H,22,23)(H,24,25)(H,26,27). The molecule has 7 N–H and O–H groups in total. The van der Waals surface area contributed by atoms with Gasteiger partial charge in [0.1, 0.15) is 0 Å². The Morgan fingerprint density at radius 3 is 1.38 bits per heavy atom. The lowest BCUT2D eigenvalue weighted by Crippen LogP contribution is -2.49. The molecule has 0 aliphatic rings. The highest BCUT2D eigenvalue weighted by Crippen LogP contribution is 1.96. The molecule has 0 heterocycles. The maximum Gasteiger partial charge on any atom is 0.317 e. The number of hydrogen-bond donors (Lipinski definition) is 7. The first-order valence-electron chi connectivity index (χ1n) is 8.88. The molecule has 0 aliphatic carbocycles. The van der Waals surface area contributed by atoms with Gasteiger partial charge in [-0.05, 0) is 0 Å². The van der Waals surface area contributed by atoms with Gasteiger partial charge in [0, 0.05) is 40.3 Å². The SMILES string of the molecule is CNC(=O)C(CC(=O)O)NCCN(CCNC(CC(=O)O)C(=O)NC)CC(=O)O. The van der Waals surface area contributed by atoms with Crippen molar-refractivity contribution in [1.29, 1.82) is 0 Å². The Kier molecular flexibility index (Phi) is 12.9. The third-order valence-electron chi connectivity index (χ3n) is 3.88. The van der Waals surface area contributed by atoms with E-state index in [0.29, 0.717) is 0 Å². The number of nitrogens with zero attached hydrogens (tertiary/aromatic N) is 1. The van der Waals surface area contributed by atoms with E-state index >= 15 is 0 Å². The number of rotatable bonds is 16. The van der Waals surface area contributed by atoms with Crippen molar-refractivity contribution in [1.82, 2.24) is 26.2 Å². The highest BCUT2D eigenvalue weighted by molar-refractivity contribution is 5.86. The van der Waals surface area contributed by atoms with Crippen molar-refractivity contribution in [2.24, 2.45) is 0 Å². The number of carboxylic acids is 3. The van der Waals surface area contributed by atoms with Gasteiger partial charge in [-0.1, -0.05) is 0 Å². The lowest BCUT2D eigenvalue weighted by Gasteiger charge is -2.23. The monoisotopic (exact) mass is 419 g/mol. The minimum Gasteiger partial charge on any atom is -0.481 e. The summed E-state index contributed by atoms with van der Waals surface area (Å²) in [5, 5.41) is 37.0. The minimum atomic E-state index is -1.16. The number of carboxylic acid groups (broad SMARTS) is 3. The van der Waals surface area contributed by atoms with E-state index < -0.39 is 54.6 Å². The highest BCUT2D eigenvalue weighted by atomic mass is 16.4. The number of aliphatic carboxylic acids is 3. The highest BCUT2D eigenvalue weighted by Gasteiger charge is 2.22. The molecule has 0 aliphatic heterocycles. The first-order valence-corrected chi connectivity index (χ1v) is 8.88. The number of nitrogens with one attached hydrogen (secondary N) is 4. The van der Waals surface area contributed by atoms with Gasteiger partial charge >= 0.3 is 17.9 Å². The zero-order valence-electron chi connectivity index (χ0n) is 16.4. The Morgan fingerprint density at radius 2 is 1.10 bits per heavy atom. The largest absolute Gasteiger partial charge is 0.481 e. The normalized spacial score (nSPS) is 12.8. The summed E-state index contributed by atoms with van der Waals surface area (Å²) < 4.78 is 0. The molecule has 0 aromatic heterocycles. The molecule has 13 nitrogen and oxygen atoms in total. The summed E-state index contributed by atoms with van der Waals surface area (Å²) >= 11 is 0. The van der Waals surface area contributed by atoms with Crippen LogP contribution in [-0.4, -0.2) is 109 Å². The van der Waals surface area contributed by atoms with Crippen LogP contribution in [0.5, 0.6) is 0 Å². The molecule has 0 spiro atoms. The smallest absolute Gasteiger partial charge is 0.317 e. The molecule has 0 aromatic rings. The molecule has 29 heavy (non-hydrogen) atoms. The molecule has 0 radical (unpaired) electrons. The van der Waals surface area contributed by atoms with Gasteiger partial charge in [0.15, 0.2) is 0 Å². The predicted molar refractivity (Wildman–Crippen MR) is 100 cm³/mol. The number of likely N-dealkylation sites (N-methyl/N-ethyl adjacent to an activating group) is 2. The van der Waals surface area contributed by atoms with E-state index in [2.05, 4.69) is 21.3 Å². The van der Waals surface area contributed by atoms with Crippen molar-refractivity contribution in [2.75, 3.05) is 46.8 Å². The lowest BCUT2D eigenvalue weighted by molar-refractivity contribution is -0.140. The lowest BCUT2D eigenvalue weighted by atomic mass is 10.2. The van der Waals surface area contributed by atoms with Crippen molar-refractivity contribution < 1.29 is 39.3 Å². The zero-order valence-corrected chi connectivity index (χ0v) is 16.4. The van der Waals surface area contributed by atoms with E-state index in [1.54, 1.807) is 0 Å². The molecule has 0 aromatic carbocycles. The topological polar surface area (TPSA) is 197 Å². The second-order valence-electron chi connectivity index (χ2n) is 6.11. The van der Waals surface area contributed by atoms with E-state index in [4.69, 9.17) is 15.3 Å². The van der Waals surface area contributed by atoms with Crippen LogP contribution in [0.2, 0.25) is 0 Å². The summed E-state index contributed by atoms with van der Waals surface area (Å²) in [7, 11) is 2.75. The third kappa shape index (κ3) is 12.3. The second-order valence-corrected chi connectivity index (χ2v) is 6.11. The molecule has 13 heteroatoms. The fourth-order valence-corrected chi connectivity index (χ4v) is 2.47. The van der Waals surface area contributed by atoms with Crippen LogP contribution in [0, 0.1) is 0 Å². The summed E-state index contributed by atoms with van der Waals surface area (Å²) in [5.41, 5.74) is 0. The van der Waals surface area contributed by atoms with Gasteiger partial charge in [-0.25, -0.2) is 0 Å². The summed E-state index contributed by atoms with van der Waals surface area (Å²) in [4.78, 5) is 57.6. The van der Waals surface area contributed by atoms with Gasteiger partial charge in [-0.2, -0.15) is 0 Å². The van der Waals surface area contributed by atoms with Crippen LogP contribution < -0.4 is 21.3 Å². The average Bonchev–Trinajstić information content (AvgIpc) is 2.63. The number of amides is 2. The molecule has 0 saturated heterocycles. The molecular weight excluding hydrogens is 390 g/mol. The molecule has 2 atom stereocenters. The fraction of sp³-hybridized carbons (Fsp3) is 0.688. The summed E-state index contributed by atoms with van der Waals surface area (Å²) in [6, 6.07) is -1.92. The van der Waals surface area contributed by atoms with Crippen LogP contribution in [0.25, 0.3) is 0 Å². The van der Waals surface area contributed by atoms with Crippen molar-refractivity contribution in [3.05, 3.63) is 0 Å². The van der Waals surface area contributed by atoms with E-state index in [9.17, 15) is 24.0 Å². The quantitative estimate of drug-likeness (QED) is 0.132. The van der Waals surface area contributed by atoms with E-state index in [-0.39, 0.29) is 32.7 Å². The van der Waals surface area contributed by atoms with Gasteiger partial charge < -0.3 is 36.6 Å². The summed E-state index contributed by atoms with van der Waals surface area (Å²) in [5.74, 6) is -4.40. The Bertz CT molecular complexity index is 544. The predicted octanol–water partition coefficient (Wildman–Crippen LogP) is -3.27. The molecule has 2 unspecified atom stereocenters. The summed E-state index contributed by atoms with van der Waals surface area (Å²) in [6.07, 6.45) is -0.855. The molecule has 2 amide bonds. The Balaban J connectivity index is 4.69. The van der Waals surface area contributed by atoms with Crippen molar-refractivity contribution in [2.45, 2.75) is 24.9 Å². The van der Waals surface area contributed by atoms with E-state index in [0.717, 1.165) is 0 Å². The molecule has 0 fully saturated rings. The molecule has 166 valence electrons. The fourth-order valence-electron chi connectivity index (χ4n) is 2.47. The number of carbonyl (C=O) groups excluding carboxylic acids is 2. The van der Waals surface area contributed by atoms with Crippen LogP contribution in [0.15, 0.2) is 0 Å². The maximum absolute atomic E-state index is 11.7. The zero-order chi connectivity index (χ0) is 22.4. The van der Waals surface area contributed by atoms with Crippen molar-refractivity contribution in [3.8, 4) is 0 Å². The van der Waals surface area contributed by atoms with Crippen molar-refractivity contribution in [3.63, 3.8) is 0 Å². The Hall–Kier alpha value is -2.77. The second kappa shape index (κ2) is 14.3. The van der Waals surface area contributed by atoms with Gasteiger partial charge in [-0.3, -0.25) is 28.9 Å². The minimum absolute atomic E-state index is 0.145. The Morgan fingerprint density at radius 1 is 0.724 bits per heavy atom. The van der Waals surface area contributed by atoms with Crippen LogP contribution >= 0.6 is 0 Å². The van der Waals surface area contributed by atoms with Crippen molar-refractivity contribution >= 4 is 29.7 Å². The molecule has 0 saturated carbocycles. The average molecular weight is 419 g/mol. The van der Waals surface area contributed by atoms with Crippen LogP contribution in [-0.2, 0) is 24.0 Å². The molecule has 0 rings (SSSR count). The van der Waals surface area contributed by atoms with Gasteiger partial charge in [0.05, 0.1) is 31.5 Å². The van der Waals surface area contributed by atoms with Gasteiger partial charge in [0.25, 0.3) is 0 Å². The summed E-state index contributed by atoms with van der Waals surface area (Å²) in [6.45, 7) is 0.338. The number of carbonyl (C=O) groups is 5. The van der Waals surface area contributed by atoms with Gasteiger partial charge in [-0.15, -0.1) is 0 Å². The van der Waals surface area contributed by atoms with Crippen LogP contribution in [0.4, 0.5) is 0 Å². The third-order valence-corrected chi connectivity index (χ3v) is 3.88. The van der Waals surface area contributed by atoms with E-state index in [1.165, 1.54) is 19.0 Å². The first-order chi connectivity index (χ1) is 13.6. The first kappa shape index (κ1) is 26.2. The van der Waals surface area contributed by atoms with Crippen LogP contribution in [0.1, 0.15) is 12.8 Å². The number of hydrogen-bond acceptors (Lipinski definition) is 8. The van der Waals surface area contributed by atoms with Crippen LogP contribution in [0.3, 0.4) is 0 Å². The Labute approximate surface area is 167 Å². The molecule has 0 bridgehead atoms. The molecular formula is C16H29N5O8. The van der Waals surface area contributed by atoms with E-state index in [1.807, 2.05) is 0 Å². The van der Waals surface area contributed by atoms with Gasteiger partial charge in [0.2, 0.25) is 11.8 Å². The maximum atomic E-state index is 11.7.